The van der Waals surface area contributed by atoms with Crippen LogP contribution in [0.1, 0.15) is 78.9 Å². The summed E-state index contributed by atoms with van der Waals surface area (Å²) in [4.78, 5) is 4.77. The third-order valence-corrected chi connectivity index (χ3v) is 15.5. The molecule has 0 aliphatic carbocycles. The van der Waals surface area contributed by atoms with Crippen molar-refractivity contribution >= 4 is 8.32 Å². The van der Waals surface area contributed by atoms with Gasteiger partial charge in [-0.3, -0.25) is 0 Å². The van der Waals surface area contributed by atoms with Gasteiger partial charge in [-0.1, -0.05) is 53.7 Å². The molecular formula is C31H50N2O7Si. The normalized spacial score (nSPS) is 30.1. The highest BCUT2D eigenvalue weighted by atomic mass is 28.4. The van der Waals surface area contributed by atoms with E-state index >= 15 is 0 Å². The van der Waals surface area contributed by atoms with E-state index in [9.17, 15) is 0 Å². The summed E-state index contributed by atoms with van der Waals surface area (Å²) >= 11 is 0. The lowest BCUT2D eigenvalue weighted by molar-refractivity contribution is -0.462. The Morgan fingerprint density at radius 3 is 1.95 bits per heavy atom. The van der Waals surface area contributed by atoms with Crippen molar-refractivity contribution in [3.63, 3.8) is 0 Å². The van der Waals surface area contributed by atoms with Crippen LogP contribution in [0.3, 0.4) is 0 Å². The number of fused-ring (bicyclic) bond motifs is 2. The van der Waals surface area contributed by atoms with Crippen LogP contribution in [0.4, 0.5) is 0 Å². The third-order valence-electron chi connectivity index (χ3n) is 9.44. The molecule has 230 valence electrons. The van der Waals surface area contributed by atoms with Crippen LogP contribution in [-0.4, -0.2) is 69.6 Å². The second-order valence-corrected chi connectivity index (χ2v) is 17.9. The Balaban J connectivity index is 1.72. The summed E-state index contributed by atoms with van der Waals surface area (Å²) < 4.78 is 46.6. The van der Waals surface area contributed by atoms with Gasteiger partial charge in [-0.15, -0.1) is 0 Å². The standard InChI is InChI=1S/C31H50N2O7Si/c1-20(2)41(21(3)4,22(5)6)38-19-25-26-27(40-31(8,36-11)30(7,35-10)39-26)28(29-32-16-17-33(25)29)37-18-23-12-14-24(34-9)15-13-23/h12-17,20-22,25-28H,18-19H2,1-11H3/t25-,26-,27+,28+,30+,31+/m1/s1. The van der Waals surface area contributed by atoms with Crippen LogP contribution in [0, 0.1) is 0 Å². The van der Waals surface area contributed by atoms with Crippen molar-refractivity contribution in [3.8, 4) is 5.75 Å². The van der Waals surface area contributed by atoms with E-state index in [-0.39, 0.29) is 6.04 Å². The fraction of sp³-hybridized carbons (Fsp3) is 0.710. The molecule has 2 aliphatic heterocycles. The minimum atomic E-state index is -2.16. The van der Waals surface area contributed by atoms with Gasteiger partial charge in [0, 0.05) is 26.6 Å². The lowest BCUT2D eigenvalue weighted by Gasteiger charge is -2.56. The van der Waals surface area contributed by atoms with Crippen molar-refractivity contribution < 1.29 is 32.8 Å². The first-order valence-electron chi connectivity index (χ1n) is 14.7. The van der Waals surface area contributed by atoms with E-state index in [1.807, 2.05) is 50.5 Å². The number of nitrogens with zero attached hydrogens (tertiary/aromatic N) is 2. The van der Waals surface area contributed by atoms with Gasteiger partial charge in [0.15, 0.2) is 8.32 Å². The Hall–Kier alpha value is -1.79. The average molecular weight is 591 g/mol. The van der Waals surface area contributed by atoms with Crippen molar-refractivity contribution in [1.29, 1.82) is 0 Å². The van der Waals surface area contributed by atoms with Crippen LogP contribution >= 0.6 is 0 Å². The molecule has 0 bridgehead atoms. The van der Waals surface area contributed by atoms with E-state index in [0.717, 1.165) is 17.1 Å². The maximum absolute atomic E-state index is 7.13. The molecule has 0 unspecified atom stereocenters. The van der Waals surface area contributed by atoms with Gasteiger partial charge in [0.05, 0.1) is 26.4 Å². The molecule has 1 aromatic heterocycles. The highest BCUT2D eigenvalue weighted by molar-refractivity contribution is 6.77. The van der Waals surface area contributed by atoms with Crippen molar-refractivity contribution in [1.82, 2.24) is 9.55 Å². The van der Waals surface area contributed by atoms with E-state index < -0.39 is 38.2 Å². The Morgan fingerprint density at radius 1 is 0.878 bits per heavy atom. The summed E-state index contributed by atoms with van der Waals surface area (Å²) in [5.41, 5.74) is 2.37. The van der Waals surface area contributed by atoms with Crippen LogP contribution in [-0.2, 0) is 34.7 Å². The zero-order chi connectivity index (χ0) is 30.2. The zero-order valence-corrected chi connectivity index (χ0v) is 27.7. The zero-order valence-electron chi connectivity index (χ0n) is 26.7. The van der Waals surface area contributed by atoms with Gasteiger partial charge >= 0.3 is 0 Å². The molecule has 1 aromatic carbocycles. The predicted octanol–water partition coefficient (Wildman–Crippen LogP) is 6.41. The fourth-order valence-electron chi connectivity index (χ4n) is 6.98. The molecule has 1 fully saturated rings. The van der Waals surface area contributed by atoms with Gasteiger partial charge in [-0.05, 0) is 48.2 Å². The first-order valence-corrected chi connectivity index (χ1v) is 16.9. The molecule has 6 atom stereocenters. The number of benzene rings is 1. The monoisotopic (exact) mass is 590 g/mol. The molecule has 0 spiro atoms. The Labute approximate surface area is 246 Å². The molecule has 0 radical (unpaired) electrons. The lowest BCUT2D eigenvalue weighted by Crippen LogP contribution is -2.69. The van der Waals surface area contributed by atoms with Crippen LogP contribution in [0.5, 0.6) is 5.75 Å². The van der Waals surface area contributed by atoms with Crippen LogP contribution in [0.25, 0.3) is 0 Å². The average Bonchev–Trinajstić information content (AvgIpc) is 3.42. The van der Waals surface area contributed by atoms with Crippen molar-refractivity contribution in [2.75, 3.05) is 27.9 Å². The molecule has 0 N–H and O–H groups in total. The van der Waals surface area contributed by atoms with Gasteiger partial charge in [0.2, 0.25) is 11.6 Å². The van der Waals surface area contributed by atoms with Crippen molar-refractivity contribution in [2.45, 2.75) is 115 Å². The quantitative estimate of drug-likeness (QED) is 0.263. The molecule has 2 aromatic rings. The number of methoxy groups -OCH3 is 3. The minimum Gasteiger partial charge on any atom is -0.497 e. The maximum atomic E-state index is 7.13. The third kappa shape index (κ3) is 5.64. The number of imidazole rings is 1. The molecule has 9 nitrogen and oxygen atoms in total. The van der Waals surface area contributed by atoms with Crippen LogP contribution in [0.15, 0.2) is 36.7 Å². The van der Waals surface area contributed by atoms with E-state index in [2.05, 4.69) is 46.1 Å². The van der Waals surface area contributed by atoms with Gasteiger partial charge in [-0.2, -0.15) is 0 Å². The molecular weight excluding hydrogens is 540 g/mol. The first kappa shape index (κ1) is 32.1. The van der Waals surface area contributed by atoms with E-state index in [1.54, 1.807) is 21.3 Å². The second-order valence-electron chi connectivity index (χ2n) is 12.4. The maximum Gasteiger partial charge on any atom is 0.220 e. The predicted molar refractivity (Wildman–Crippen MR) is 159 cm³/mol. The Morgan fingerprint density at radius 2 is 1.44 bits per heavy atom. The number of hydrogen-bond donors (Lipinski definition) is 0. The highest BCUT2D eigenvalue weighted by Gasteiger charge is 2.62. The molecule has 0 saturated carbocycles. The minimum absolute atomic E-state index is 0.197. The summed E-state index contributed by atoms with van der Waals surface area (Å²) in [7, 11) is 2.72. The van der Waals surface area contributed by atoms with E-state index in [4.69, 9.17) is 37.8 Å². The first-order chi connectivity index (χ1) is 19.4. The molecule has 0 amide bonds. The summed E-state index contributed by atoms with van der Waals surface area (Å²) in [5.74, 6) is -0.769. The van der Waals surface area contributed by atoms with Crippen LogP contribution in [0.2, 0.25) is 16.6 Å². The molecule has 1 saturated heterocycles. The summed E-state index contributed by atoms with van der Waals surface area (Å²) in [6, 6.07) is 7.65. The summed E-state index contributed by atoms with van der Waals surface area (Å²) in [6.07, 6.45) is 2.34. The Bertz CT molecular complexity index is 1120. The van der Waals surface area contributed by atoms with Gasteiger partial charge < -0.3 is 37.4 Å². The number of ether oxygens (including phenoxy) is 6. The van der Waals surface area contributed by atoms with Crippen LogP contribution < -0.4 is 4.74 Å². The van der Waals surface area contributed by atoms with Gasteiger partial charge in [0.25, 0.3) is 0 Å². The smallest absolute Gasteiger partial charge is 0.220 e. The molecule has 2 aliphatic rings. The topological polar surface area (TPSA) is 82.4 Å². The van der Waals surface area contributed by atoms with Gasteiger partial charge in [0.1, 0.15) is 29.9 Å². The van der Waals surface area contributed by atoms with E-state index in [0.29, 0.717) is 29.8 Å². The second kappa shape index (κ2) is 12.4. The fourth-order valence-corrected chi connectivity index (χ4v) is 12.4. The van der Waals surface area contributed by atoms with Crippen molar-refractivity contribution in [3.05, 3.63) is 48.0 Å². The summed E-state index contributed by atoms with van der Waals surface area (Å²) in [5, 5.41) is 0. The molecule has 41 heavy (non-hydrogen) atoms. The molecule has 4 rings (SSSR count). The number of hydrogen-bond acceptors (Lipinski definition) is 8. The summed E-state index contributed by atoms with van der Waals surface area (Å²) in [6.45, 7) is 18.3. The number of aromatic nitrogens is 2. The molecule has 10 heteroatoms. The molecule has 3 heterocycles. The lowest BCUT2D eigenvalue weighted by atomic mass is 9.91. The largest absolute Gasteiger partial charge is 0.497 e. The van der Waals surface area contributed by atoms with Crippen molar-refractivity contribution in [2.24, 2.45) is 0 Å². The van der Waals surface area contributed by atoms with E-state index in [1.165, 1.54) is 0 Å². The SMILES string of the molecule is COc1ccc(CO[C@@H]2c3nccn3[C@H](CO[Si](C(C)C)(C(C)C)C(C)C)[C@H]3O[C@](C)(OC)[C@@](C)(OC)O[C@@H]32)cc1. The number of rotatable bonds is 12. The van der Waals surface area contributed by atoms with Gasteiger partial charge in [-0.25, -0.2) is 4.98 Å². The Kier molecular flexibility index (Phi) is 9.75. The highest BCUT2D eigenvalue weighted by Crippen LogP contribution is 2.50.